The standard InChI is InChI=1S/C14H27N/c1-12(2)13-6-9-15(10-7-13)11-8-14(3,4)5/h6,12H,7-11H2,1-5H3. The van der Waals surface area contributed by atoms with Crippen molar-refractivity contribution in [2.75, 3.05) is 19.6 Å². The lowest BCUT2D eigenvalue weighted by Gasteiger charge is -2.30. The molecule has 1 aliphatic rings. The van der Waals surface area contributed by atoms with Gasteiger partial charge in [-0.15, -0.1) is 0 Å². The molecule has 1 nitrogen and oxygen atoms in total. The van der Waals surface area contributed by atoms with Crippen LogP contribution in [0.15, 0.2) is 11.6 Å². The fraction of sp³-hybridized carbons (Fsp3) is 0.857. The van der Waals surface area contributed by atoms with Crippen LogP contribution in [0.4, 0.5) is 0 Å². The van der Waals surface area contributed by atoms with E-state index in [0.717, 1.165) is 5.92 Å². The maximum atomic E-state index is 2.58. The highest BCUT2D eigenvalue weighted by Gasteiger charge is 2.16. The summed E-state index contributed by atoms with van der Waals surface area (Å²) in [7, 11) is 0. The second-order valence-corrected chi connectivity index (χ2v) is 6.30. The van der Waals surface area contributed by atoms with Gasteiger partial charge in [0.1, 0.15) is 0 Å². The van der Waals surface area contributed by atoms with Crippen molar-refractivity contribution in [1.82, 2.24) is 4.90 Å². The van der Waals surface area contributed by atoms with Gasteiger partial charge in [-0.1, -0.05) is 46.3 Å². The number of hydrogen-bond acceptors (Lipinski definition) is 1. The minimum Gasteiger partial charge on any atom is -0.299 e. The molecular formula is C14H27N. The van der Waals surface area contributed by atoms with Gasteiger partial charge in [0.15, 0.2) is 0 Å². The van der Waals surface area contributed by atoms with Crippen LogP contribution in [-0.4, -0.2) is 24.5 Å². The first-order valence-corrected chi connectivity index (χ1v) is 6.30. The second-order valence-electron chi connectivity index (χ2n) is 6.30. The molecular weight excluding hydrogens is 182 g/mol. The normalized spacial score (nSPS) is 19.5. The summed E-state index contributed by atoms with van der Waals surface area (Å²) < 4.78 is 0. The molecule has 0 atom stereocenters. The first kappa shape index (κ1) is 12.8. The zero-order valence-electron chi connectivity index (χ0n) is 11.1. The van der Waals surface area contributed by atoms with Gasteiger partial charge in [0.05, 0.1) is 0 Å². The summed E-state index contributed by atoms with van der Waals surface area (Å²) in [4.78, 5) is 2.58. The third-order valence-electron chi connectivity index (χ3n) is 3.25. The molecule has 0 aromatic rings. The summed E-state index contributed by atoms with van der Waals surface area (Å²) in [6.45, 7) is 15.3. The quantitative estimate of drug-likeness (QED) is 0.640. The largest absolute Gasteiger partial charge is 0.299 e. The molecule has 0 bridgehead atoms. The van der Waals surface area contributed by atoms with Gasteiger partial charge >= 0.3 is 0 Å². The third kappa shape index (κ3) is 4.83. The molecule has 0 aromatic heterocycles. The van der Waals surface area contributed by atoms with Crippen LogP contribution in [0.1, 0.15) is 47.5 Å². The molecule has 0 saturated heterocycles. The van der Waals surface area contributed by atoms with Crippen molar-refractivity contribution in [3.8, 4) is 0 Å². The van der Waals surface area contributed by atoms with Gasteiger partial charge in [0.25, 0.3) is 0 Å². The van der Waals surface area contributed by atoms with E-state index >= 15 is 0 Å². The van der Waals surface area contributed by atoms with Gasteiger partial charge in [-0.05, 0) is 30.7 Å². The molecule has 1 heterocycles. The molecule has 0 spiro atoms. The van der Waals surface area contributed by atoms with Gasteiger partial charge in [-0.3, -0.25) is 4.90 Å². The molecule has 0 radical (unpaired) electrons. The van der Waals surface area contributed by atoms with Gasteiger partial charge < -0.3 is 0 Å². The molecule has 1 heteroatoms. The summed E-state index contributed by atoms with van der Waals surface area (Å²) in [6.07, 6.45) is 5.02. The van der Waals surface area contributed by atoms with Crippen LogP contribution >= 0.6 is 0 Å². The molecule has 88 valence electrons. The van der Waals surface area contributed by atoms with Crippen LogP contribution in [0.5, 0.6) is 0 Å². The highest BCUT2D eigenvalue weighted by atomic mass is 15.1. The van der Waals surface area contributed by atoms with Crippen molar-refractivity contribution >= 4 is 0 Å². The lowest BCUT2D eigenvalue weighted by molar-refractivity contribution is 0.238. The van der Waals surface area contributed by atoms with E-state index in [0.29, 0.717) is 5.41 Å². The Bertz CT molecular complexity index is 220. The van der Waals surface area contributed by atoms with E-state index in [4.69, 9.17) is 0 Å². The molecule has 1 aliphatic heterocycles. The average molecular weight is 209 g/mol. The van der Waals surface area contributed by atoms with Crippen LogP contribution in [0, 0.1) is 11.3 Å². The van der Waals surface area contributed by atoms with E-state index in [2.05, 4.69) is 45.6 Å². The predicted octanol–water partition coefficient (Wildman–Crippen LogP) is 3.71. The van der Waals surface area contributed by atoms with E-state index in [1.165, 1.54) is 32.5 Å². The minimum atomic E-state index is 0.474. The minimum absolute atomic E-state index is 0.474. The van der Waals surface area contributed by atoms with Crippen molar-refractivity contribution in [3.05, 3.63) is 11.6 Å². The molecule has 0 N–H and O–H groups in total. The summed E-state index contributed by atoms with van der Waals surface area (Å²) in [5.41, 5.74) is 2.13. The van der Waals surface area contributed by atoms with Crippen LogP contribution in [0.3, 0.4) is 0 Å². The van der Waals surface area contributed by atoms with E-state index in [1.807, 2.05) is 0 Å². The zero-order valence-corrected chi connectivity index (χ0v) is 11.1. The SMILES string of the molecule is CC(C)C1=CCN(CCC(C)(C)C)CC1. The van der Waals surface area contributed by atoms with Gasteiger partial charge in [0.2, 0.25) is 0 Å². The van der Waals surface area contributed by atoms with Gasteiger partial charge in [0, 0.05) is 13.1 Å². The maximum Gasteiger partial charge on any atom is 0.0166 e. The molecule has 0 aromatic carbocycles. The number of hydrogen-bond donors (Lipinski definition) is 0. The van der Waals surface area contributed by atoms with Crippen LogP contribution < -0.4 is 0 Å². The number of nitrogens with zero attached hydrogens (tertiary/aromatic N) is 1. The van der Waals surface area contributed by atoms with Gasteiger partial charge in [-0.2, -0.15) is 0 Å². The van der Waals surface area contributed by atoms with E-state index in [1.54, 1.807) is 5.57 Å². The Balaban J connectivity index is 2.32. The molecule has 15 heavy (non-hydrogen) atoms. The molecule has 0 amide bonds. The topological polar surface area (TPSA) is 3.24 Å². The van der Waals surface area contributed by atoms with Crippen LogP contribution in [0.25, 0.3) is 0 Å². The Hall–Kier alpha value is -0.300. The third-order valence-corrected chi connectivity index (χ3v) is 3.25. The summed E-state index contributed by atoms with van der Waals surface area (Å²) in [6, 6.07) is 0. The molecule has 1 rings (SSSR count). The van der Waals surface area contributed by atoms with Crippen molar-refractivity contribution in [3.63, 3.8) is 0 Å². The Labute approximate surface area is 95.5 Å². The maximum absolute atomic E-state index is 2.58. The van der Waals surface area contributed by atoms with E-state index < -0.39 is 0 Å². The van der Waals surface area contributed by atoms with E-state index in [-0.39, 0.29) is 0 Å². The fourth-order valence-electron chi connectivity index (χ4n) is 1.95. The highest BCUT2D eigenvalue weighted by Crippen LogP contribution is 2.22. The Morgan fingerprint density at radius 2 is 2.00 bits per heavy atom. The summed E-state index contributed by atoms with van der Waals surface area (Å²) in [5, 5.41) is 0. The zero-order chi connectivity index (χ0) is 11.5. The van der Waals surface area contributed by atoms with Crippen molar-refractivity contribution in [1.29, 1.82) is 0 Å². The molecule has 0 saturated carbocycles. The predicted molar refractivity (Wildman–Crippen MR) is 68.1 cm³/mol. The lowest BCUT2D eigenvalue weighted by atomic mass is 9.91. The number of rotatable bonds is 3. The lowest BCUT2D eigenvalue weighted by Crippen LogP contribution is -2.32. The Morgan fingerprint density at radius 1 is 1.33 bits per heavy atom. The second kappa shape index (κ2) is 5.16. The first-order chi connectivity index (χ1) is 6.88. The van der Waals surface area contributed by atoms with E-state index in [9.17, 15) is 0 Å². The molecule has 0 unspecified atom stereocenters. The Morgan fingerprint density at radius 3 is 2.40 bits per heavy atom. The molecule has 0 aliphatic carbocycles. The van der Waals surface area contributed by atoms with Crippen molar-refractivity contribution in [2.24, 2.45) is 11.3 Å². The first-order valence-electron chi connectivity index (χ1n) is 6.30. The summed E-state index contributed by atoms with van der Waals surface area (Å²) >= 11 is 0. The van der Waals surface area contributed by atoms with Crippen LogP contribution in [0.2, 0.25) is 0 Å². The van der Waals surface area contributed by atoms with Gasteiger partial charge in [-0.25, -0.2) is 0 Å². The van der Waals surface area contributed by atoms with Crippen LogP contribution in [-0.2, 0) is 0 Å². The highest BCUT2D eigenvalue weighted by molar-refractivity contribution is 5.09. The Kier molecular flexibility index (Phi) is 4.39. The monoisotopic (exact) mass is 209 g/mol. The summed E-state index contributed by atoms with van der Waals surface area (Å²) in [5.74, 6) is 0.745. The average Bonchev–Trinajstić information content (AvgIpc) is 2.14. The van der Waals surface area contributed by atoms with Crippen molar-refractivity contribution < 1.29 is 0 Å². The fourth-order valence-corrected chi connectivity index (χ4v) is 1.95. The smallest absolute Gasteiger partial charge is 0.0166 e. The molecule has 0 fully saturated rings. The van der Waals surface area contributed by atoms with Crippen molar-refractivity contribution in [2.45, 2.75) is 47.5 Å².